The molecule has 0 spiro atoms. The van der Waals surface area contributed by atoms with E-state index in [-0.39, 0.29) is 6.42 Å². The van der Waals surface area contributed by atoms with Gasteiger partial charge in [-0.3, -0.25) is 4.79 Å². The molecule has 19 heavy (non-hydrogen) atoms. The summed E-state index contributed by atoms with van der Waals surface area (Å²) in [4.78, 5) is 10.8. The number of methoxy groups -OCH3 is 1. The van der Waals surface area contributed by atoms with E-state index in [1.54, 1.807) is 7.11 Å². The van der Waals surface area contributed by atoms with Crippen molar-refractivity contribution < 1.29 is 19.4 Å². The lowest BCUT2D eigenvalue weighted by atomic mass is 9.79. The molecule has 1 aliphatic rings. The van der Waals surface area contributed by atoms with Crippen molar-refractivity contribution in [1.29, 1.82) is 0 Å². The summed E-state index contributed by atoms with van der Waals surface area (Å²) in [6, 6.07) is 4.06. The van der Waals surface area contributed by atoms with Gasteiger partial charge in [-0.15, -0.1) is 0 Å². The molecule has 104 valence electrons. The maximum absolute atomic E-state index is 10.8. The Morgan fingerprint density at radius 2 is 2.11 bits per heavy atom. The van der Waals surface area contributed by atoms with Gasteiger partial charge in [-0.1, -0.05) is 0 Å². The predicted molar refractivity (Wildman–Crippen MR) is 71.6 cm³/mol. The fourth-order valence-corrected chi connectivity index (χ4v) is 2.70. The molecule has 0 radical (unpaired) electrons. The first kappa shape index (κ1) is 13.9. The second-order valence-corrected chi connectivity index (χ2v) is 5.12. The van der Waals surface area contributed by atoms with Crippen molar-refractivity contribution in [2.24, 2.45) is 0 Å². The number of carboxylic acid groups (broad SMARTS) is 1. The summed E-state index contributed by atoms with van der Waals surface area (Å²) in [6.07, 6.45) is 1.53. The maximum Gasteiger partial charge on any atom is 0.303 e. The molecule has 1 atom stereocenters. The number of benzene rings is 1. The maximum atomic E-state index is 10.8. The molecule has 1 unspecified atom stereocenters. The third kappa shape index (κ3) is 2.59. The standard InChI is InChI=1S/C15H20O4/c1-10-9-13(18-3)11(2)8-12(10)15(6-7-19-15)5-4-14(16)17/h8-9H,4-7H2,1-3H3,(H,16,17). The molecule has 4 nitrogen and oxygen atoms in total. The lowest BCUT2D eigenvalue weighted by molar-refractivity contribution is -0.166. The minimum absolute atomic E-state index is 0.129. The molecule has 1 fully saturated rings. The van der Waals surface area contributed by atoms with E-state index < -0.39 is 11.6 Å². The average Bonchev–Trinajstić information content (AvgIpc) is 2.31. The first-order valence-electron chi connectivity index (χ1n) is 6.50. The summed E-state index contributed by atoms with van der Waals surface area (Å²) in [5.41, 5.74) is 2.82. The van der Waals surface area contributed by atoms with E-state index >= 15 is 0 Å². The van der Waals surface area contributed by atoms with Gasteiger partial charge in [-0.05, 0) is 49.1 Å². The number of rotatable bonds is 5. The number of carboxylic acids is 1. The van der Waals surface area contributed by atoms with Crippen molar-refractivity contribution in [2.45, 2.75) is 38.7 Å². The van der Waals surface area contributed by atoms with Crippen LogP contribution in [0, 0.1) is 13.8 Å². The third-order valence-electron chi connectivity index (χ3n) is 3.86. The van der Waals surface area contributed by atoms with Gasteiger partial charge in [0, 0.05) is 12.8 Å². The Hall–Kier alpha value is -1.55. The lowest BCUT2D eigenvalue weighted by Gasteiger charge is -2.43. The van der Waals surface area contributed by atoms with E-state index in [0.29, 0.717) is 13.0 Å². The van der Waals surface area contributed by atoms with Crippen molar-refractivity contribution in [2.75, 3.05) is 13.7 Å². The van der Waals surface area contributed by atoms with Crippen molar-refractivity contribution in [3.8, 4) is 5.75 Å². The van der Waals surface area contributed by atoms with Crippen LogP contribution >= 0.6 is 0 Å². The Labute approximate surface area is 113 Å². The van der Waals surface area contributed by atoms with E-state index in [2.05, 4.69) is 6.07 Å². The largest absolute Gasteiger partial charge is 0.496 e. The Morgan fingerprint density at radius 3 is 2.58 bits per heavy atom. The highest BCUT2D eigenvalue weighted by atomic mass is 16.5. The van der Waals surface area contributed by atoms with Crippen molar-refractivity contribution in [3.63, 3.8) is 0 Å². The van der Waals surface area contributed by atoms with Crippen LogP contribution in [-0.2, 0) is 15.1 Å². The van der Waals surface area contributed by atoms with Crippen molar-refractivity contribution in [3.05, 3.63) is 28.8 Å². The smallest absolute Gasteiger partial charge is 0.303 e. The number of hydrogen-bond acceptors (Lipinski definition) is 3. The van der Waals surface area contributed by atoms with E-state index in [4.69, 9.17) is 14.6 Å². The fourth-order valence-electron chi connectivity index (χ4n) is 2.70. The Bertz CT molecular complexity index is 489. The molecule has 0 aromatic heterocycles. The summed E-state index contributed by atoms with van der Waals surface area (Å²) in [7, 11) is 1.65. The van der Waals surface area contributed by atoms with Crippen LogP contribution in [-0.4, -0.2) is 24.8 Å². The quantitative estimate of drug-likeness (QED) is 0.888. The molecule has 1 aromatic rings. The van der Waals surface area contributed by atoms with Crippen LogP contribution in [0.25, 0.3) is 0 Å². The highest BCUT2D eigenvalue weighted by molar-refractivity contribution is 5.67. The SMILES string of the molecule is COc1cc(C)c(C2(CCC(=O)O)CCO2)cc1C. The van der Waals surface area contributed by atoms with Gasteiger partial charge in [0.1, 0.15) is 5.75 Å². The predicted octanol–water partition coefficient (Wildman–Crippen LogP) is 2.79. The number of hydrogen-bond donors (Lipinski definition) is 1. The minimum Gasteiger partial charge on any atom is -0.496 e. The van der Waals surface area contributed by atoms with Crippen LogP contribution in [0.5, 0.6) is 5.75 Å². The van der Waals surface area contributed by atoms with Crippen LogP contribution in [0.2, 0.25) is 0 Å². The molecule has 0 bridgehead atoms. The lowest BCUT2D eigenvalue weighted by Crippen LogP contribution is -2.42. The third-order valence-corrected chi connectivity index (χ3v) is 3.86. The zero-order valence-electron chi connectivity index (χ0n) is 11.7. The summed E-state index contributed by atoms with van der Waals surface area (Å²) in [5, 5.41) is 8.87. The number of aryl methyl sites for hydroxylation is 2. The molecule has 2 rings (SSSR count). The first-order chi connectivity index (χ1) is 8.98. The zero-order chi connectivity index (χ0) is 14.0. The van der Waals surface area contributed by atoms with Crippen molar-refractivity contribution in [1.82, 2.24) is 0 Å². The van der Waals surface area contributed by atoms with Gasteiger partial charge in [-0.25, -0.2) is 0 Å². The summed E-state index contributed by atoms with van der Waals surface area (Å²) in [5.74, 6) is 0.0757. The van der Waals surface area contributed by atoms with Crippen LogP contribution in [0.1, 0.15) is 36.0 Å². The zero-order valence-corrected chi connectivity index (χ0v) is 11.7. The Morgan fingerprint density at radius 1 is 1.42 bits per heavy atom. The summed E-state index contributed by atoms with van der Waals surface area (Å²) < 4.78 is 11.1. The van der Waals surface area contributed by atoms with Crippen molar-refractivity contribution >= 4 is 5.97 Å². The normalized spacial score (nSPS) is 21.8. The Kier molecular flexibility index (Phi) is 3.80. The monoisotopic (exact) mass is 264 g/mol. The topological polar surface area (TPSA) is 55.8 Å². The molecule has 1 heterocycles. The number of aliphatic carboxylic acids is 1. The van der Waals surface area contributed by atoms with Gasteiger partial charge in [0.05, 0.1) is 19.3 Å². The van der Waals surface area contributed by atoms with E-state index in [9.17, 15) is 4.79 Å². The van der Waals surface area contributed by atoms with Gasteiger partial charge in [0.2, 0.25) is 0 Å². The van der Waals surface area contributed by atoms with E-state index in [0.717, 1.165) is 28.9 Å². The van der Waals surface area contributed by atoms with Crippen LogP contribution in [0.15, 0.2) is 12.1 Å². The molecule has 1 saturated heterocycles. The fraction of sp³-hybridized carbons (Fsp3) is 0.533. The second kappa shape index (κ2) is 5.21. The summed E-state index contributed by atoms with van der Waals surface area (Å²) >= 11 is 0. The van der Waals surface area contributed by atoms with Crippen LogP contribution in [0.3, 0.4) is 0 Å². The van der Waals surface area contributed by atoms with Gasteiger partial charge in [0.25, 0.3) is 0 Å². The first-order valence-corrected chi connectivity index (χ1v) is 6.50. The molecule has 1 aromatic carbocycles. The molecular formula is C15H20O4. The molecule has 0 amide bonds. The van der Waals surface area contributed by atoms with Gasteiger partial charge < -0.3 is 14.6 Å². The van der Waals surface area contributed by atoms with Crippen LogP contribution < -0.4 is 4.74 Å². The average molecular weight is 264 g/mol. The molecule has 1 aliphatic heterocycles. The molecule has 1 N–H and O–H groups in total. The highest BCUT2D eigenvalue weighted by Gasteiger charge is 2.41. The van der Waals surface area contributed by atoms with E-state index in [1.165, 1.54) is 0 Å². The highest BCUT2D eigenvalue weighted by Crippen LogP contribution is 2.44. The van der Waals surface area contributed by atoms with Crippen LogP contribution in [0.4, 0.5) is 0 Å². The number of ether oxygens (including phenoxy) is 2. The Balaban J connectivity index is 2.33. The molecular weight excluding hydrogens is 244 g/mol. The van der Waals surface area contributed by atoms with Gasteiger partial charge >= 0.3 is 5.97 Å². The van der Waals surface area contributed by atoms with E-state index in [1.807, 2.05) is 19.9 Å². The van der Waals surface area contributed by atoms with Gasteiger partial charge in [-0.2, -0.15) is 0 Å². The summed E-state index contributed by atoms with van der Waals surface area (Å²) in [6.45, 7) is 4.71. The number of carbonyl (C=O) groups is 1. The molecule has 0 saturated carbocycles. The minimum atomic E-state index is -0.780. The molecule has 4 heteroatoms. The molecule has 0 aliphatic carbocycles. The van der Waals surface area contributed by atoms with Gasteiger partial charge in [0.15, 0.2) is 0 Å². The second-order valence-electron chi connectivity index (χ2n) is 5.12.